The summed E-state index contributed by atoms with van der Waals surface area (Å²) in [6, 6.07) is 9.35. The molecular weight excluding hydrogens is 485 g/mol. The SMILES string of the molecule is CC1=CC2C(=O)N(C(C)c3cnc(OCC(F)(F)F)c(C)c3)CC12C(C)NC(=O)c1cccc(C#N)c1. The van der Waals surface area contributed by atoms with E-state index in [1.165, 1.54) is 12.3 Å². The monoisotopic (exact) mass is 512 g/mol. The van der Waals surface area contributed by atoms with Crippen molar-refractivity contribution in [2.75, 3.05) is 13.2 Å². The van der Waals surface area contributed by atoms with Crippen LogP contribution in [0.2, 0.25) is 0 Å². The predicted octanol–water partition coefficient (Wildman–Crippen LogP) is 4.49. The zero-order valence-corrected chi connectivity index (χ0v) is 20.9. The van der Waals surface area contributed by atoms with Crippen molar-refractivity contribution in [3.63, 3.8) is 0 Å². The third-order valence-electron chi connectivity index (χ3n) is 7.43. The van der Waals surface area contributed by atoms with E-state index in [9.17, 15) is 22.8 Å². The van der Waals surface area contributed by atoms with E-state index in [2.05, 4.69) is 10.3 Å². The maximum Gasteiger partial charge on any atom is 0.422 e. The number of carbonyl (C=O) groups is 2. The highest BCUT2D eigenvalue weighted by molar-refractivity contribution is 5.95. The Labute approximate surface area is 212 Å². The molecule has 1 aromatic heterocycles. The van der Waals surface area contributed by atoms with Crippen molar-refractivity contribution in [2.45, 2.75) is 46.0 Å². The molecule has 4 unspecified atom stereocenters. The molecule has 2 aromatic rings. The zero-order chi connectivity index (χ0) is 27.1. The van der Waals surface area contributed by atoms with Crippen LogP contribution >= 0.6 is 0 Å². The Kier molecular flexibility index (Phi) is 6.76. The average Bonchev–Trinajstić information content (AvgIpc) is 3.09. The van der Waals surface area contributed by atoms with Gasteiger partial charge in [0.25, 0.3) is 5.91 Å². The molecular formula is C27H27F3N4O3. The number of ether oxygens (including phenoxy) is 1. The fourth-order valence-electron chi connectivity index (χ4n) is 5.26. The largest absolute Gasteiger partial charge is 0.468 e. The number of nitrogens with one attached hydrogen (secondary N) is 1. The van der Waals surface area contributed by atoms with Crippen LogP contribution in [-0.4, -0.2) is 47.1 Å². The van der Waals surface area contributed by atoms with Crippen molar-refractivity contribution in [1.29, 1.82) is 5.26 Å². The van der Waals surface area contributed by atoms with Crippen LogP contribution in [-0.2, 0) is 4.79 Å². The first-order valence-electron chi connectivity index (χ1n) is 11.8. The molecule has 2 aliphatic rings. The number of nitriles is 1. The minimum Gasteiger partial charge on any atom is -0.468 e. The van der Waals surface area contributed by atoms with Gasteiger partial charge in [-0.15, -0.1) is 0 Å². The van der Waals surface area contributed by atoms with Crippen molar-refractivity contribution in [3.8, 4) is 11.9 Å². The topological polar surface area (TPSA) is 95.3 Å². The van der Waals surface area contributed by atoms with E-state index in [1.54, 1.807) is 36.1 Å². The maximum absolute atomic E-state index is 13.4. The average molecular weight is 513 g/mol. The molecule has 1 aliphatic heterocycles. The number of carbonyl (C=O) groups excluding carboxylic acids is 2. The normalized spacial score (nSPS) is 22.3. The molecule has 2 heterocycles. The number of fused-ring (bicyclic) bond motifs is 1. The number of aromatic nitrogens is 1. The Morgan fingerprint density at radius 2 is 2.05 bits per heavy atom. The van der Waals surface area contributed by atoms with Gasteiger partial charge in [-0.25, -0.2) is 4.98 Å². The second-order valence-corrected chi connectivity index (χ2v) is 9.69. The molecule has 2 amide bonds. The molecule has 0 radical (unpaired) electrons. The first-order chi connectivity index (χ1) is 17.4. The molecule has 0 saturated carbocycles. The molecule has 4 atom stereocenters. The molecule has 4 rings (SSSR count). The Bertz CT molecular complexity index is 1320. The minimum absolute atomic E-state index is 0.0827. The highest BCUT2D eigenvalue weighted by atomic mass is 19.4. The van der Waals surface area contributed by atoms with Gasteiger partial charge in [-0.2, -0.15) is 18.4 Å². The molecule has 0 spiro atoms. The van der Waals surface area contributed by atoms with Crippen molar-refractivity contribution in [1.82, 2.24) is 15.2 Å². The number of amides is 2. The van der Waals surface area contributed by atoms with Gasteiger partial charge in [-0.05, 0) is 57.5 Å². The van der Waals surface area contributed by atoms with Gasteiger partial charge in [0.05, 0.1) is 23.6 Å². The molecule has 37 heavy (non-hydrogen) atoms. The highest BCUT2D eigenvalue weighted by Crippen LogP contribution is 2.55. The lowest BCUT2D eigenvalue weighted by Gasteiger charge is -2.46. The first-order valence-corrected chi connectivity index (χ1v) is 11.8. The van der Waals surface area contributed by atoms with Crippen LogP contribution in [0.3, 0.4) is 0 Å². The molecule has 1 aliphatic carbocycles. The van der Waals surface area contributed by atoms with Crippen LogP contribution in [0.4, 0.5) is 13.2 Å². The Balaban J connectivity index is 1.51. The fourth-order valence-corrected chi connectivity index (χ4v) is 5.26. The lowest BCUT2D eigenvalue weighted by atomic mass is 9.59. The number of rotatable bonds is 7. The number of likely N-dealkylation sites (tertiary alicyclic amines) is 1. The number of aryl methyl sites for hydroxylation is 1. The molecule has 1 aromatic carbocycles. The summed E-state index contributed by atoms with van der Waals surface area (Å²) in [6.07, 6.45) is -1.13. The van der Waals surface area contributed by atoms with Gasteiger partial charge >= 0.3 is 6.18 Å². The van der Waals surface area contributed by atoms with E-state index < -0.39 is 30.2 Å². The lowest BCUT2D eigenvalue weighted by Crippen LogP contribution is -2.54. The second kappa shape index (κ2) is 9.54. The van der Waals surface area contributed by atoms with E-state index >= 15 is 0 Å². The summed E-state index contributed by atoms with van der Waals surface area (Å²) >= 11 is 0. The van der Waals surface area contributed by atoms with Gasteiger partial charge in [0.15, 0.2) is 6.61 Å². The van der Waals surface area contributed by atoms with Gasteiger partial charge in [-0.1, -0.05) is 17.7 Å². The van der Waals surface area contributed by atoms with Crippen LogP contribution in [0, 0.1) is 29.6 Å². The predicted molar refractivity (Wildman–Crippen MR) is 128 cm³/mol. The summed E-state index contributed by atoms with van der Waals surface area (Å²) in [5, 5.41) is 12.1. The van der Waals surface area contributed by atoms with Crippen LogP contribution in [0.1, 0.15) is 53.9 Å². The van der Waals surface area contributed by atoms with Gasteiger partial charge in [0.2, 0.25) is 11.8 Å². The highest BCUT2D eigenvalue weighted by Gasteiger charge is 2.61. The maximum atomic E-state index is 13.4. The van der Waals surface area contributed by atoms with Crippen LogP contribution in [0.5, 0.6) is 5.88 Å². The zero-order valence-electron chi connectivity index (χ0n) is 20.9. The number of pyridine rings is 1. The minimum atomic E-state index is -4.47. The van der Waals surface area contributed by atoms with E-state index in [4.69, 9.17) is 10.00 Å². The molecule has 0 bridgehead atoms. The Hall–Kier alpha value is -3.87. The molecule has 1 N–H and O–H groups in total. The summed E-state index contributed by atoms with van der Waals surface area (Å²) in [4.78, 5) is 32.1. The first kappa shape index (κ1) is 26.2. The van der Waals surface area contributed by atoms with Gasteiger partial charge in [-0.3, -0.25) is 9.59 Å². The van der Waals surface area contributed by atoms with Crippen LogP contribution in [0.25, 0.3) is 0 Å². The number of nitrogens with zero attached hydrogens (tertiary/aromatic N) is 3. The summed E-state index contributed by atoms with van der Waals surface area (Å²) in [5.41, 5.74) is 2.27. The Morgan fingerprint density at radius 1 is 1.32 bits per heavy atom. The standard InChI is InChI=1S/C27H27F3N4O3/c1-15-8-21(12-32-24(15)37-14-27(28,29)30)17(3)34-13-26(16(2)9-22(26)25(34)36)18(4)33-23(35)20-7-5-6-19(10-20)11-31/h5-10,12,17-18,22H,13-14H2,1-4H3,(H,33,35). The molecule has 10 heteroatoms. The third kappa shape index (κ3) is 4.78. The summed E-state index contributed by atoms with van der Waals surface area (Å²) in [7, 11) is 0. The van der Waals surface area contributed by atoms with Gasteiger partial charge in [0.1, 0.15) is 0 Å². The lowest BCUT2D eigenvalue weighted by molar-refractivity contribution is -0.154. The van der Waals surface area contributed by atoms with Crippen molar-refractivity contribution < 1.29 is 27.5 Å². The summed E-state index contributed by atoms with van der Waals surface area (Å²) in [5.74, 6) is -0.919. The van der Waals surface area contributed by atoms with E-state index in [0.29, 0.717) is 28.8 Å². The summed E-state index contributed by atoms with van der Waals surface area (Å²) in [6.45, 7) is 6.20. The van der Waals surface area contributed by atoms with E-state index in [0.717, 1.165) is 5.57 Å². The third-order valence-corrected chi connectivity index (χ3v) is 7.43. The van der Waals surface area contributed by atoms with Crippen LogP contribution < -0.4 is 10.1 Å². The van der Waals surface area contributed by atoms with Crippen LogP contribution in [0.15, 0.2) is 48.2 Å². The molecule has 194 valence electrons. The molecule has 7 nitrogen and oxygen atoms in total. The summed E-state index contributed by atoms with van der Waals surface area (Å²) < 4.78 is 42.3. The van der Waals surface area contributed by atoms with Gasteiger partial charge in [0, 0.05) is 35.3 Å². The molecule has 1 fully saturated rings. The number of alkyl halides is 3. The van der Waals surface area contributed by atoms with Gasteiger partial charge < -0.3 is 15.0 Å². The number of hydrogen-bond donors (Lipinski definition) is 1. The number of halogens is 3. The smallest absolute Gasteiger partial charge is 0.422 e. The van der Waals surface area contributed by atoms with E-state index in [1.807, 2.05) is 32.9 Å². The fraction of sp³-hybridized carbons (Fsp3) is 0.407. The Morgan fingerprint density at radius 3 is 2.68 bits per heavy atom. The number of hydrogen-bond acceptors (Lipinski definition) is 5. The quantitative estimate of drug-likeness (QED) is 0.552. The molecule has 1 saturated heterocycles. The van der Waals surface area contributed by atoms with Crippen molar-refractivity contribution in [3.05, 3.63) is 70.4 Å². The van der Waals surface area contributed by atoms with Crippen molar-refractivity contribution in [2.24, 2.45) is 11.3 Å². The van der Waals surface area contributed by atoms with Crippen molar-refractivity contribution >= 4 is 11.8 Å². The van der Waals surface area contributed by atoms with E-state index in [-0.39, 0.29) is 23.7 Å². The second-order valence-electron chi connectivity index (χ2n) is 9.69. The number of benzene rings is 1.